The fraction of sp³-hybridized carbons (Fsp3) is 0.208. The predicted molar refractivity (Wildman–Crippen MR) is 117 cm³/mol. The van der Waals surface area contributed by atoms with Crippen LogP contribution in [-0.2, 0) is 6.42 Å². The highest BCUT2D eigenvalue weighted by Gasteiger charge is 2.23. The molecule has 6 nitrogen and oxygen atoms in total. The number of carbonyl (C=O) groups is 1. The molecule has 0 saturated carbocycles. The zero-order chi connectivity index (χ0) is 20.9. The summed E-state index contributed by atoms with van der Waals surface area (Å²) < 4.78 is 0. The Kier molecular flexibility index (Phi) is 5.75. The molecule has 0 spiro atoms. The number of amides is 1. The van der Waals surface area contributed by atoms with E-state index < -0.39 is 0 Å². The summed E-state index contributed by atoms with van der Waals surface area (Å²) in [5, 5.41) is 11.5. The van der Waals surface area contributed by atoms with E-state index in [1.807, 2.05) is 71.6 Å². The first kappa shape index (κ1) is 19.6. The number of nitro benzene ring substituents is 1. The minimum atomic E-state index is -0.321. The molecule has 30 heavy (non-hydrogen) atoms. The smallest absolute Gasteiger partial charge is 0.273 e. The number of carbonyl (C=O) groups excluding carboxylic acids is 1. The van der Waals surface area contributed by atoms with Crippen LogP contribution >= 0.6 is 0 Å². The summed E-state index contributed by atoms with van der Waals surface area (Å²) in [7, 11) is 0. The first-order valence-corrected chi connectivity index (χ1v) is 10.0. The lowest BCUT2D eigenvalue weighted by atomic mass is 10.0. The van der Waals surface area contributed by atoms with Gasteiger partial charge in [0.15, 0.2) is 0 Å². The highest BCUT2D eigenvalue weighted by molar-refractivity contribution is 5.94. The van der Waals surface area contributed by atoms with Gasteiger partial charge >= 0.3 is 0 Å². The number of nitrogens with zero attached hydrogens (tertiary/aromatic N) is 3. The Hall–Kier alpha value is -3.67. The van der Waals surface area contributed by atoms with Gasteiger partial charge in [-0.2, -0.15) is 0 Å². The molecule has 4 rings (SSSR count). The van der Waals surface area contributed by atoms with Crippen molar-refractivity contribution in [2.75, 3.05) is 31.1 Å². The van der Waals surface area contributed by atoms with Gasteiger partial charge < -0.3 is 9.80 Å². The zero-order valence-electron chi connectivity index (χ0n) is 16.6. The van der Waals surface area contributed by atoms with Gasteiger partial charge in [-0.3, -0.25) is 14.9 Å². The summed E-state index contributed by atoms with van der Waals surface area (Å²) in [5.41, 5.74) is 3.53. The molecular formula is C24H23N3O3. The van der Waals surface area contributed by atoms with Crippen LogP contribution in [0.1, 0.15) is 21.5 Å². The molecular weight excluding hydrogens is 378 g/mol. The van der Waals surface area contributed by atoms with Crippen LogP contribution in [0, 0.1) is 10.1 Å². The van der Waals surface area contributed by atoms with E-state index in [0.717, 1.165) is 11.3 Å². The van der Waals surface area contributed by atoms with E-state index in [4.69, 9.17) is 0 Å². The predicted octanol–water partition coefficient (Wildman–Crippen LogP) is 4.15. The first-order chi connectivity index (χ1) is 14.6. The second-order valence-electron chi connectivity index (χ2n) is 7.38. The largest absolute Gasteiger partial charge is 0.368 e. The number of hydrogen-bond acceptors (Lipinski definition) is 4. The van der Waals surface area contributed by atoms with Crippen molar-refractivity contribution in [1.29, 1.82) is 0 Å². The van der Waals surface area contributed by atoms with Crippen molar-refractivity contribution in [2.45, 2.75) is 6.42 Å². The van der Waals surface area contributed by atoms with Crippen molar-refractivity contribution in [3.05, 3.63) is 106 Å². The van der Waals surface area contributed by atoms with E-state index in [2.05, 4.69) is 4.90 Å². The Bertz CT molecular complexity index is 1030. The van der Waals surface area contributed by atoms with Crippen LogP contribution < -0.4 is 4.90 Å². The van der Waals surface area contributed by atoms with Crippen molar-refractivity contribution < 1.29 is 9.72 Å². The maximum absolute atomic E-state index is 12.7. The van der Waals surface area contributed by atoms with Crippen LogP contribution in [0.2, 0.25) is 0 Å². The van der Waals surface area contributed by atoms with Gasteiger partial charge in [-0.15, -0.1) is 0 Å². The lowest BCUT2D eigenvalue weighted by molar-refractivity contribution is -0.385. The fourth-order valence-corrected chi connectivity index (χ4v) is 3.84. The van der Waals surface area contributed by atoms with E-state index in [0.29, 0.717) is 43.7 Å². The third-order valence-corrected chi connectivity index (χ3v) is 5.45. The molecule has 1 aliphatic heterocycles. The topological polar surface area (TPSA) is 66.7 Å². The van der Waals surface area contributed by atoms with Gasteiger partial charge in [-0.05, 0) is 29.8 Å². The average molecular weight is 401 g/mol. The van der Waals surface area contributed by atoms with Crippen LogP contribution in [0.4, 0.5) is 11.4 Å². The molecule has 0 aromatic heterocycles. The maximum Gasteiger partial charge on any atom is 0.273 e. The molecule has 3 aromatic carbocycles. The van der Waals surface area contributed by atoms with Gasteiger partial charge in [0.05, 0.1) is 4.92 Å². The third-order valence-electron chi connectivity index (χ3n) is 5.45. The van der Waals surface area contributed by atoms with Crippen molar-refractivity contribution in [3.8, 4) is 0 Å². The standard InChI is InChI=1S/C24H23N3O3/c28-24(20-9-5-2-6-10-20)26-15-13-25(14-16-26)22-11-12-23(27(29)30)21(18-22)17-19-7-3-1-4-8-19/h1-12,18H,13-17H2. The van der Waals surface area contributed by atoms with Gasteiger partial charge in [-0.1, -0.05) is 48.5 Å². The van der Waals surface area contributed by atoms with Gasteiger partial charge in [0, 0.05) is 55.5 Å². The SMILES string of the molecule is O=C(c1ccccc1)N1CCN(c2ccc([N+](=O)[O-])c(Cc3ccccc3)c2)CC1. The third kappa shape index (κ3) is 4.33. The van der Waals surface area contributed by atoms with Gasteiger partial charge in [0.1, 0.15) is 0 Å². The second-order valence-corrected chi connectivity index (χ2v) is 7.38. The summed E-state index contributed by atoms with van der Waals surface area (Å²) in [6, 6.07) is 24.4. The highest BCUT2D eigenvalue weighted by Crippen LogP contribution is 2.28. The molecule has 1 saturated heterocycles. The summed E-state index contributed by atoms with van der Waals surface area (Å²) >= 11 is 0. The summed E-state index contributed by atoms with van der Waals surface area (Å²) in [5.74, 6) is 0.0451. The number of benzene rings is 3. The minimum Gasteiger partial charge on any atom is -0.368 e. The molecule has 1 amide bonds. The maximum atomic E-state index is 12.7. The van der Waals surface area contributed by atoms with Crippen molar-refractivity contribution in [1.82, 2.24) is 4.90 Å². The van der Waals surface area contributed by atoms with Crippen molar-refractivity contribution in [2.24, 2.45) is 0 Å². The van der Waals surface area contributed by atoms with Gasteiger partial charge in [-0.25, -0.2) is 0 Å². The van der Waals surface area contributed by atoms with Crippen LogP contribution in [0.5, 0.6) is 0 Å². The Morgan fingerprint density at radius 3 is 2.13 bits per heavy atom. The average Bonchev–Trinajstić information content (AvgIpc) is 2.80. The summed E-state index contributed by atoms with van der Waals surface area (Å²) in [6.07, 6.45) is 0.511. The quantitative estimate of drug-likeness (QED) is 0.476. The Morgan fingerprint density at radius 1 is 0.867 bits per heavy atom. The molecule has 0 unspecified atom stereocenters. The summed E-state index contributed by atoms with van der Waals surface area (Å²) in [4.78, 5) is 27.9. The molecule has 0 N–H and O–H groups in total. The lowest BCUT2D eigenvalue weighted by Crippen LogP contribution is -2.48. The molecule has 0 radical (unpaired) electrons. The molecule has 1 aliphatic rings. The molecule has 1 heterocycles. The molecule has 0 atom stereocenters. The molecule has 0 aliphatic carbocycles. The van der Waals surface area contributed by atoms with E-state index >= 15 is 0 Å². The molecule has 6 heteroatoms. The van der Waals surface area contributed by atoms with Crippen LogP contribution in [0.3, 0.4) is 0 Å². The Balaban J connectivity index is 1.49. The summed E-state index contributed by atoms with van der Waals surface area (Å²) in [6.45, 7) is 2.64. The van der Waals surface area contributed by atoms with E-state index in [-0.39, 0.29) is 16.5 Å². The van der Waals surface area contributed by atoms with Crippen LogP contribution in [0.25, 0.3) is 0 Å². The van der Waals surface area contributed by atoms with Crippen LogP contribution in [0.15, 0.2) is 78.9 Å². The number of hydrogen-bond donors (Lipinski definition) is 0. The van der Waals surface area contributed by atoms with Crippen molar-refractivity contribution >= 4 is 17.3 Å². The molecule has 3 aromatic rings. The number of rotatable bonds is 5. The zero-order valence-corrected chi connectivity index (χ0v) is 16.6. The Morgan fingerprint density at radius 2 is 1.50 bits per heavy atom. The van der Waals surface area contributed by atoms with Crippen LogP contribution in [-0.4, -0.2) is 41.9 Å². The Labute approximate surface area is 175 Å². The fourth-order valence-electron chi connectivity index (χ4n) is 3.84. The number of anilines is 1. The first-order valence-electron chi connectivity index (χ1n) is 10.0. The van der Waals surface area contributed by atoms with Crippen molar-refractivity contribution in [3.63, 3.8) is 0 Å². The van der Waals surface area contributed by atoms with E-state index in [1.165, 1.54) is 0 Å². The molecule has 152 valence electrons. The lowest BCUT2D eigenvalue weighted by Gasteiger charge is -2.36. The second kappa shape index (κ2) is 8.78. The highest BCUT2D eigenvalue weighted by atomic mass is 16.6. The molecule has 1 fully saturated rings. The molecule has 0 bridgehead atoms. The van der Waals surface area contributed by atoms with E-state index in [9.17, 15) is 14.9 Å². The minimum absolute atomic E-state index is 0.0451. The number of nitro groups is 1. The van der Waals surface area contributed by atoms with E-state index in [1.54, 1.807) is 12.1 Å². The van der Waals surface area contributed by atoms with Gasteiger partial charge in [0.2, 0.25) is 0 Å². The number of piperazine rings is 1. The monoisotopic (exact) mass is 401 g/mol. The van der Waals surface area contributed by atoms with Gasteiger partial charge in [0.25, 0.3) is 11.6 Å². The normalized spacial score (nSPS) is 13.9.